The molecule has 2 aromatic carbocycles. The highest BCUT2D eigenvalue weighted by Crippen LogP contribution is 2.28. The molecule has 2 aromatic heterocycles. The molecule has 174 valence electrons. The number of hydrogen-bond donors (Lipinski definition) is 2. The van der Waals surface area contributed by atoms with Crippen molar-refractivity contribution in [1.82, 2.24) is 9.55 Å². The topological polar surface area (TPSA) is 120 Å². The van der Waals surface area contributed by atoms with E-state index in [0.29, 0.717) is 11.1 Å². The van der Waals surface area contributed by atoms with Gasteiger partial charge in [-0.2, -0.15) is 4.39 Å². The van der Waals surface area contributed by atoms with Gasteiger partial charge in [0.25, 0.3) is 10.0 Å². The summed E-state index contributed by atoms with van der Waals surface area (Å²) in [5.41, 5.74) is 6.72. The van der Waals surface area contributed by atoms with Crippen LogP contribution in [-0.2, 0) is 10.0 Å². The van der Waals surface area contributed by atoms with Gasteiger partial charge in [-0.05, 0) is 36.8 Å². The maximum absolute atomic E-state index is 15.0. The van der Waals surface area contributed by atoms with E-state index in [1.165, 1.54) is 16.7 Å². The van der Waals surface area contributed by atoms with Gasteiger partial charge in [-0.3, -0.25) is 9.29 Å². The molecule has 8 nitrogen and oxygen atoms in total. The van der Waals surface area contributed by atoms with Gasteiger partial charge < -0.3 is 10.2 Å². The highest BCUT2D eigenvalue weighted by Gasteiger charge is 2.25. The Morgan fingerprint density at radius 2 is 1.94 bits per heavy atom. The molecule has 0 spiro atoms. The summed E-state index contributed by atoms with van der Waals surface area (Å²) in [4.78, 5) is 15.2. The molecule has 1 atom stereocenters. The molecule has 34 heavy (non-hydrogen) atoms. The van der Waals surface area contributed by atoms with Gasteiger partial charge in [0.2, 0.25) is 5.95 Å². The summed E-state index contributed by atoms with van der Waals surface area (Å²) in [6.07, 6.45) is 0. The van der Waals surface area contributed by atoms with Gasteiger partial charge in [0, 0.05) is 17.7 Å². The Bertz CT molecular complexity index is 1620. The predicted octanol–water partition coefficient (Wildman–Crippen LogP) is 2.99. The Hall–Kier alpha value is -4.01. The van der Waals surface area contributed by atoms with Crippen molar-refractivity contribution in [1.29, 1.82) is 0 Å². The molecule has 4 aromatic rings. The number of pyridine rings is 1. The summed E-state index contributed by atoms with van der Waals surface area (Å²) in [5, 5.41) is 0. The van der Waals surface area contributed by atoms with Crippen LogP contribution in [0.3, 0.4) is 0 Å². The van der Waals surface area contributed by atoms with E-state index in [-0.39, 0.29) is 23.5 Å². The minimum atomic E-state index is -4.49. The third-order valence-electron chi connectivity index (χ3n) is 5.00. The van der Waals surface area contributed by atoms with Crippen molar-refractivity contribution in [2.45, 2.75) is 17.9 Å². The second kappa shape index (κ2) is 9.09. The summed E-state index contributed by atoms with van der Waals surface area (Å²) >= 11 is 0. The van der Waals surface area contributed by atoms with Crippen molar-refractivity contribution < 1.29 is 21.6 Å². The number of halogens is 2. The number of nitrogens with one attached hydrogen (secondary N) is 1. The fraction of sp³-hybridized carbons (Fsp3) is 0.130. The molecule has 0 saturated carbocycles. The lowest BCUT2D eigenvalue weighted by Crippen LogP contribution is -2.19. The summed E-state index contributed by atoms with van der Waals surface area (Å²) < 4.78 is 62.1. The fourth-order valence-corrected chi connectivity index (χ4v) is 4.52. The highest BCUT2D eigenvalue weighted by molar-refractivity contribution is 7.92. The lowest BCUT2D eigenvalue weighted by atomic mass is 10.0. The van der Waals surface area contributed by atoms with E-state index in [1.807, 2.05) is 4.72 Å². The van der Waals surface area contributed by atoms with Crippen molar-refractivity contribution in [2.24, 2.45) is 5.73 Å². The minimum Gasteiger partial charge on any atom is -0.408 e. The van der Waals surface area contributed by atoms with Crippen LogP contribution in [0.25, 0.3) is 11.1 Å². The van der Waals surface area contributed by atoms with E-state index in [9.17, 15) is 22.0 Å². The molecule has 3 N–H and O–H groups in total. The molecule has 0 aliphatic rings. The summed E-state index contributed by atoms with van der Waals surface area (Å²) in [6, 6.07) is 11.8. The van der Waals surface area contributed by atoms with Gasteiger partial charge in [0.1, 0.15) is 16.5 Å². The first-order valence-corrected chi connectivity index (χ1v) is 11.5. The molecular formula is C23H18F2N4O4S. The first kappa shape index (κ1) is 23.2. The molecule has 0 aliphatic heterocycles. The monoisotopic (exact) mass is 484 g/mol. The number of hydrogen-bond acceptors (Lipinski definition) is 6. The van der Waals surface area contributed by atoms with E-state index in [2.05, 4.69) is 16.8 Å². The maximum atomic E-state index is 15.0. The Kier molecular flexibility index (Phi) is 6.19. The van der Waals surface area contributed by atoms with Crippen LogP contribution < -0.4 is 16.2 Å². The average Bonchev–Trinajstić information content (AvgIpc) is 3.11. The predicted molar refractivity (Wildman–Crippen MR) is 122 cm³/mol. The Balaban J connectivity index is 1.76. The van der Waals surface area contributed by atoms with Crippen LogP contribution >= 0.6 is 0 Å². The lowest BCUT2D eigenvalue weighted by molar-refractivity contribution is 0.489. The number of fused-ring (bicyclic) bond motifs is 1. The molecule has 0 saturated heterocycles. The molecule has 4 rings (SSSR count). The average molecular weight is 484 g/mol. The SMILES string of the molecule is C[C@H](c1cccc(C#CCN)c1)n1c(=O)oc2cc(S(=O)(=O)Nc3cccc(F)n3)c(F)cc21. The van der Waals surface area contributed by atoms with Crippen LogP contribution in [0, 0.1) is 23.6 Å². The molecule has 0 amide bonds. The number of sulfonamides is 1. The second-order valence-corrected chi connectivity index (χ2v) is 8.90. The standard InChI is InChI=1S/C23H18F2N4O4S/c1-14(16-7-2-5-15(11-16)6-4-10-26)29-18-12-17(24)20(13-19(18)33-23(29)30)34(31,32)28-22-9-3-8-21(25)27-22/h2-3,5,7-9,11-14H,10,26H2,1H3,(H,27,28)/t14-/m1/s1. The first-order valence-electron chi connectivity index (χ1n) is 9.98. The van der Waals surface area contributed by atoms with Crippen LogP contribution in [0.15, 0.2) is 68.7 Å². The fourth-order valence-electron chi connectivity index (χ4n) is 3.44. The lowest BCUT2D eigenvalue weighted by Gasteiger charge is -2.14. The molecule has 0 unspecified atom stereocenters. The van der Waals surface area contributed by atoms with Gasteiger partial charge in [-0.25, -0.2) is 22.6 Å². The second-order valence-electron chi connectivity index (χ2n) is 7.25. The zero-order chi connectivity index (χ0) is 24.5. The van der Waals surface area contributed by atoms with Crippen LogP contribution in [0.1, 0.15) is 24.1 Å². The normalized spacial score (nSPS) is 12.2. The third kappa shape index (κ3) is 4.54. The quantitative estimate of drug-likeness (QED) is 0.332. The summed E-state index contributed by atoms with van der Waals surface area (Å²) in [7, 11) is -4.49. The summed E-state index contributed by atoms with van der Waals surface area (Å²) in [5.74, 6) is 2.49. The zero-order valence-corrected chi connectivity index (χ0v) is 18.6. The van der Waals surface area contributed by atoms with Gasteiger partial charge in [0.15, 0.2) is 5.58 Å². The molecule has 11 heteroatoms. The van der Waals surface area contributed by atoms with Crippen molar-refractivity contribution in [3.05, 3.63) is 88.0 Å². The largest absolute Gasteiger partial charge is 0.420 e. The molecule has 0 radical (unpaired) electrons. The molecule has 0 bridgehead atoms. The molecule has 2 heterocycles. The van der Waals surface area contributed by atoms with Gasteiger partial charge in [-0.1, -0.05) is 30.0 Å². The number of anilines is 1. The van der Waals surface area contributed by atoms with E-state index in [4.69, 9.17) is 10.2 Å². The molecular weight excluding hydrogens is 466 g/mol. The Morgan fingerprint density at radius 3 is 2.68 bits per heavy atom. The number of oxazole rings is 1. The Morgan fingerprint density at radius 1 is 1.18 bits per heavy atom. The van der Waals surface area contributed by atoms with Gasteiger partial charge in [-0.15, -0.1) is 0 Å². The van der Waals surface area contributed by atoms with Gasteiger partial charge in [0.05, 0.1) is 18.1 Å². The van der Waals surface area contributed by atoms with Gasteiger partial charge >= 0.3 is 5.76 Å². The number of aromatic nitrogens is 2. The van der Waals surface area contributed by atoms with E-state index in [1.54, 1.807) is 31.2 Å². The van der Waals surface area contributed by atoms with E-state index < -0.39 is 38.5 Å². The first-order chi connectivity index (χ1) is 16.2. The van der Waals surface area contributed by atoms with Crippen molar-refractivity contribution in [3.8, 4) is 11.8 Å². The van der Waals surface area contributed by atoms with Crippen LogP contribution in [0.5, 0.6) is 0 Å². The number of rotatable bonds is 5. The van der Waals surface area contributed by atoms with Crippen LogP contribution in [0.4, 0.5) is 14.6 Å². The van der Waals surface area contributed by atoms with E-state index >= 15 is 0 Å². The van der Waals surface area contributed by atoms with Crippen LogP contribution in [-0.4, -0.2) is 24.5 Å². The smallest absolute Gasteiger partial charge is 0.408 e. The molecule has 0 aliphatic carbocycles. The Labute approximate surface area is 193 Å². The maximum Gasteiger partial charge on any atom is 0.420 e. The number of nitrogens with two attached hydrogens (primary N) is 1. The third-order valence-corrected chi connectivity index (χ3v) is 6.37. The van der Waals surface area contributed by atoms with Crippen molar-refractivity contribution in [2.75, 3.05) is 11.3 Å². The highest BCUT2D eigenvalue weighted by atomic mass is 32.2. The zero-order valence-electron chi connectivity index (χ0n) is 17.7. The number of nitrogens with zero attached hydrogens (tertiary/aromatic N) is 2. The minimum absolute atomic E-state index is 0.0660. The van der Waals surface area contributed by atoms with E-state index in [0.717, 1.165) is 18.2 Å². The van der Waals surface area contributed by atoms with Crippen molar-refractivity contribution >= 4 is 26.9 Å². The van der Waals surface area contributed by atoms with Crippen molar-refractivity contribution in [3.63, 3.8) is 0 Å². The van der Waals surface area contributed by atoms with Crippen LogP contribution in [0.2, 0.25) is 0 Å². The molecule has 0 fully saturated rings. The number of benzene rings is 2. The summed E-state index contributed by atoms with van der Waals surface area (Å²) in [6.45, 7) is 1.91.